The van der Waals surface area contributed by atoms with Crippen molar-refractivity contribution in [2.45, 2.75) is 221 Å². The molecule has 5 aromatic heterocycles. The van der Waals surface area contributed by atoms with Gasteiger partial charge in [0, 0.05) is 83.1 Å². The van der Waals surface area contributed by atoms with E-state index >= 15 is 0 Å². The second kappa shape index (κ2) is 97.7. The topological polar surface area (TPSA) is 602 Å². The minimum atomic E-state index is -0.777. The van der Waals surface area contributed by atoms with Crippen LogP contribution in [0.25, 0.3) is 0 Å². The number of nitrogens with one attached hydrogen (secondary N) is 3. The van der Waals surface area contributed by atoms with Crippen molar-refractivity contribution in [2.24, 2.45) is 5.34 Å². The zero-order chi connectivity index (χ0) is 83.2. The number of aliphatic hydroxyl groups excluding tert-OH is 1. The second-order valence-electron chi connectivity index (χ2n) is 20.7. The van der Waals surface area contributed by atoms with Crippen LogP contribution in [0.2, 0.25) is 0 Å². The summed E-state index contributed by atoms with van der Waals surface area (Å²) in [6, 6.07) is 16.7. The molecule has 6 heterocycles. The number of rotatable bonds is 16. The number of halogens is 1. The molecule has 2 atom stereocenters. The maximum atomic E-state index is 12.0. The van der Waals surface area contributed by atoms with E-state index in [1.165, 1.54) is 41.1 Å². The summed E-state index contributed by atoms with van der Waals surface area (Å²) in [5.74, 6) is -0.620. The Balaban J connectivity index is -0.0000000652. The Kier molecular flexibility index (Phi) is 122. The average molecular weight is 1670 g/mol. The summed E-state index contributed by atoms with van der Waals surface area (Å²) in [7, 11) is 0. The monoisotopic (exact) mass is 1660 g/mol. The molecule has 2 unspecified atom stereocenters. The summed E-state index contributed by atoms with van der Waals surface area (Å²) >= 11 is 3.15. The predicted molar refractivity (Wildman–Crippen MR) is 412 cm³/mol. The number of aryl methyl sites for hydroxylation is 4. The van der Waals surface area contributed by atoms with E-state index in [4.69, 9.17) is 88.0 Å². The molecule has 0 amide bonds. The molecule has 0 saturated carbocycles. The summed E-state index contributed by atoms with van der Waals surface area (Å²) < 4.78 is 11.2. The molecule has 5 aromatic rings. The molecule has 6 N–H and O–H groups in total. The zero-order valence-corrected chi connectivity index (χ0v) is 65.8. The number of aliphatic hydroxyl groups is 1. The van der Waals surface area contributed by atoms with Gasteiger partial charge in [0.1, 0.15) is 29.4 Å². The fourth-order valence-corrected chi connectivity index (χ4v) is 6.69. The van der Waals surface area contributed by atoms with Crippen molar-refractivity contribution >= 4 is 82.2 Å². The number of carbonyl (C=O) groups excluding carboxylic acids is 14. The van der Waals surface area contributed by atoms with Gasteiger partial charge in [-0.15, -0.1) is 5.34 Å². The van der Waals surface area contributed by atoms with E-state index in [2.05, 4.69) is 73.9 Å². The number of allylic oxidation sites excluding steroid dienone is 2. The third-order valence-corrected chi connectivity index (χ3v) is 10.6. The summed E-state index contributed by atoms with van der Waals surface area (Å²) in [5.41, 5.74) is 9.80. The third kappa shape index (κ3) is 103. The van der Waals surface area contributed by atoms with Gasteiger partial charge >= 0.3 is 96.2 Å². The first kappa shape index (κ1) is 140. The quantitative estimate of drug-likeness (QED) is 0.0153. The molecular weight excluding hydrogens is 1550 g/mol. The van der Waals surface area contributed by atoms with Crippen LogP contribution >= 0.6 is 15.9 Å². The normalized spacial score (nSPS) is 9.60. The molecule has 0 saturated heterocycles. The molecule has 6 rings (SSSR count). The van der Waals surface area contributed by atoms with E-state index in [9.17, 15) is 49.5 Å². The fraction of sp³-hybridized carbons (Fsp3) is 0.472. The van der Waals surface area contributed by atoms with Crippen molar-refractivity contribution in [3.63, 3.8) is 0 Å². The largest absolute Gasteiger partial charge is 1.00 e. The van der Waals surface area contributed by atoms with Crippen molar-refractivity contribution in [3.8, 4) is 0 Å². The minimum absolute atomic E-state index is 0. The van der Waals surface area contributed by atoms with E-state index in [1.54, 1.807) is 82.8 Å². The Morgan fingerprint density at radius 2 is 0.893 bits per heavy atom. The summed E-state index contributed by atoms with van der Waals surface area (Å²) in [6.07, 6.45) is 24.1. The average Bonchev–Trinajstić information content (AvgIpc) is 0.846. The Morgan fingerprint density at radius 1 is 0.571 bits per heavy atom. The fourth-order valence-electron chi connectivity index (χ4n) is 6.41. The van der Waals surface area contributed by atoms with E-state index in [0.717, 1.165) is 73.2 Å². The van der Waals surface area contributed by atoms with E-state index < -0.39 is 32.5 Å². The number of ether oxygens (including phenoxy) is 2. The first-order valence-electron chi connectivity index (χ1n) is 30.6. The number of dihydropyridines is 1. The number of aromatic amines is 2. The number of hydrogen-bond acceptors (Lipinski definition) is 33. The number of esters is 2. The number of anilines is 1. The third-order valence-electron chi connectivity index (χ3n) is 10.1. The number of nitro groups is 3. The van der Waals surface area contributed by atoms with Crippen molar-refractivity contribution in [1.29, 1.82) is 0 Å². The Bertz CT molecular complexity index is 3350. The SMILES string of the molecule is C.C.C.C.C.CCC(C(=O)OC(C)(C)C)c1ccc([N+](=O)[O-])nc1.CCCC(=O)OC(C)(C)C.CCCc1ccc(=O)[nH]c1.CCCc1ccc(=O)[nH]c1.CCCc1ccc(N)nc1.CCCc1ccc([N+](=O)[O-])nc1.CCO.O=C=O.O=C=O.O=C=O.O=C=O.O=C=O.O=C=O.O=N[O-].O=[N+]([O-])C1C=CC(Br)=CN1.[CH3-].[Na+]. The molecule has 626 valence electrons. The van der Waals surface area contributed by atoms with E-state index in [0.29, 0.717) is 24.2 Å². The van der Waals surface area contributed by atoms with Crippen molar-refractivity contribution < 1.29 is 126 Å². The first-order valence-corrected chi connectivity index (χ1v) is 31.4. The van der Waals surface area contributed by atoms with Gasteiger partial charge in [-0.2, -0.15) is 57.5 Å². The number of carbonyl (C=O) groups is 2. The summed E-state index contributed by atoms with van der Waals surface area (Å²) in [4.78, 5) is 196. The number of nitrogens with two attached hydrogens (primary N) is 1. The van der Waals surface area contributed by atoms with Gasteiger partial charge in [-0.25, -0.2) is 4.98 Å². The second-order valence-corrected chi connectivity index (χ2v) is 21.6. The van der Waals surface area contributed by atoms with Gasteiger partial charge in [-0.1, -0.05) is 123 Å². The number of aromatic nitrogens is 5. The smallest absolute Gasteiger partial charge is 0.460 e. The summed E-state index contributed by atoms with van der Waals surface area (Å²) in [5, 5.41) is 50.0. The maximum Gasteiger partial charge on any atom is 1.00 e. The predicted octanol–water partition coefficient (Wildman–Crippen LogP) is 9.53. The van der Waals surface area contributed by atoms with Gasteiger partial charge in [0.2, 0.25) is 11.1 Å². The van der Waals surface area contributed by atoms with Crippen LogP contribution in [-0.4, -0.2) is 118 Å². The number of hydrogen-bond donors (Lipinski definition) is 5. The van der Waals surface area contributed by atoms with Gasteiger partial charge in [-0.05, 0) is 169 Å². The van der Waals surface area contributed by atoms with Gasteiger partial charge in [-0.3, -0.25) is 29.3 Å². The number of nitrogen functional groups attached to an aromatic ring is 1. The van der Waals surface area contributed by atoms with Gasteiger partial charge in [0.15, 0.2) is 0 Å². The van der Waals surface area contributed by atoms with Crippen LogP contribution in [0.3, 0.4) is 0 Å². The van der Waals surface area contributed by atoms with Crippen LogP contribution in [0.1, 0.15) is 206 Å². The molecule has 1 aliphatic rings. The van der Waals surface area contributed by atoms with Gasteiger partial charge < -0.3 is 73.4 Å². The molecule has 0 spiro atoms. The molecule has 38 nitrogen and oxygen atoms in total. The molecule has 40 heteroatoms. The molecule has 0 radical (unpaired) electrons. The van der Waals surface area contributed by atoms with Crippen molar-refractivity contribution in [1.82, 2.24) is 30.2 Å². The van der Waals surface area contributed by atoms with Crippen molar-refractivity contribution in [2.75, 3.05) is 12.3 Å². The molecule has 112 heavy (non-hydrogen) atoms. The summed E-state index contributed by atoms with van der Waals surface area (Å²) in [6.45, 7) is 25.2. The number of pyridine rings is 5. The number of H-pyrrole nitrogens is 2. The standard InChI is InChI=1S/C13H18N2O4.C8H10N2O2.C8H12N2.2C8H11NO.C8H16O2.C5H5BrN2O2.C2H6O.6CO2.5CH4.CH3.HNO2.Na/c1-5-10(12(16)19-13(2,3)4)9-6-7-11(14-8-9)15(17)18;1-2-3-7-4-5-8(9-6-7)10(11)12;1-2-3-7-4-5-8(9)10-6-7;2*1-2-3-7-4-5-8(10)9-6-7;1-5-6-7(9)10-8(2,3)4;6-4-1-2-5(7-3-4)8(9)10;1-2-3;6*2-1-3;;;;;;;2-1-3;/h6-8,10H,5H2,1-4H3;4-6H,2-3H2,1H3;4-6H,2-3H2,1H3,(H2,9,10);2*4-6H,2-3H2,1H3,(H,9,10);5-6H2,1-4H3;1-3,5,7H;3H,2H2,1H3;;;;;;;5*1H4;1H3;(H,2,3);/q;;;;;;;;;;;;;;;;;;;-1;;+1/p-1. The Morgan fingerprint density at radius 3 is 1.12 bits per heavy atom. The van der Waals surface area contributed by atoms with Crippen LogP contribution in [0.4, 0.5) is 17.5 Å². The van der Waals surface area contributed by atoms with Gasteiger partial charge in [0.25, 0.3) is 0 Å². The number of nitrogens with zero attached hydrogens (tertiary/aromatic N) is 7. The molecule has 0 fully saturated rings. The minimum Gasteiger partial charge on any atom is -0.460 e. The van der Waals surface area contributed by atoms with Crippen LogP contribution in [-0.2, 0) is 102 Å². The molecule has 0 aliphatic carbocycles. The van der Waals surface area contributed by atoms with E-state index in [-0.39, 0.29) is 158 Å². The molecule has 0 aromatic carbocycles. The van der Waals surface area contributed by atoms with Crippen LogP contribution < -0.4 is 51.7 Å². The molecule has 0 bridgehead atoms. The molecule has 1 aliphatic heterocycles. The Hall–Kier alpha value is -11.3. The van der Waals surface area contributed by atoms with Crippen LogP contribution in [0.5, 0.6) is 0 Å². The van der Waals surface area contributed by atoms with Crippen molar-refractivity contribution in [3.05, 3.63) is 211 Å². The maximum absolute atomic E-state index is 12.0. The van der Waals surface area contributed by atoms with E-state index in [1.807, 2.05) is 65.1 Å². The van der Waals surface area contributed by atoms with Crippen LogP contribution in [0.15, 0.2) is 129 Å². The molecular formula is C72H112BrN11NaO27-. The zero-order valence-electron chi connectivity index (χ0n) is 62.2. The Labute approximate surface area is 684 Å². The first-order chi connectivity index (χ1) is 49.4. The van der Waals surface area contributed by atoms with Crippen LogP contribution in [0, 0.1) is 47.9 Å². The van der Waals surface area contributed by atoms with Gasteiger partial charge in [0.05, 0.1) is 5.92 Å².